The van der Waals surface area contributed by atoms with Gasteiger partial charge >= 0.3 is 0 Å². The van der Waals surface area contributed by atoms with E-state index in [0.29, 0.717) is 6.42 Å². The van der Waals surface area contributed by atoms with E-state index in [9.17, 15) is 8.42 Å². The largest absolute Gasteiger partial charge is 0.229 e. The maximum absolute atomic E-state index is 11.2. The second kappa shape index (κ2) is 5.47. The van der Waals surface area contributed by atoms with Crippen LogP contribution in [0.5, 0.6) is 0 Å². The van der Waals surface area contributed by atoms with Crippen molar-refractivity contribution >= 4 is 15.9 Å². The van der Waals surface area contributed by atoms with E-state index >= 15 is 0 Å². The molecule has 0 amide bonds. The molecule has 16 heavy (non-hydrogen) atoms. The maximum Gasteiger partial charge on any atom is 0.151 e. The second-order valence-corrected chi connectivity index (χ2v) is 5.67. The maximum atomic E-state index is 11.2. The Labute approximate surface area is 95.9 Å². The van der Waals surface area contributed by atoms with Crippen molar-refractivity contribution in [3.05, 3.63) is 41.5 Å². The highest BCUT2D eigenvalue weighted by atomic mass is 32.2. The Hall–Kier alpha value is -1.60. The number of nitrogens with zero attached hydrogens (tertiary/aromatic N) is 1. The number of benzene rings is 1. The minimum Gasteiger partial charge on any atom is -0.229 e. The number of hydrogen-bond donors (Lipinski definition) is 0. The molecule has 4 heteroatoms. The lowest BCUT2D eigenvalue weighted by atomic mass is 10.1. The van der Waals surface area contributed by atoms with E-state index in [0.717, 1.165) is 11.1 Å². The zero-order valence-corrected chi connectivity index (χ0v) is 9.87. The van der Waals surface area contributed by atoms with Crippen LogP contribution in [-0.2, 0) is 15.6 Å². The molecule has 0 heterocycles. The summed E-state index contributed by atoms with van der Waals surface area (Å²) in [5, 5.41) is 8.40. The lowest BCUT2D eigenvalue weighted by Crippen LogP contribution is -2.02. The van der Waals surface area contributed by atoms with Crippen LogP contribution < -0.4 is 0 Å². The van der Waals surface area contributed by atoms with Gasteiger partial charge < -0.3 is 0 Å². The predicted molar refractivity (Wildman–Crippen MR) is 64.3 cm³/mol. The molecular weight excluding hydrogens is 222 g/mol. The average Bonchev–Trinajstić information content (AvgIpc) is 2.19. The summed E-state index contributed by atoms with van der Waals surface area (Å²) >= 11 is 0. The lowest BCUT2D eigenvalue weighted by Gasteiger charge is -2.03. The van der Waals surface area contributed by atoms with Crippen LogP contribution in [0.4, 0.5) is 0 Å². The molecule has 0 N–H and O–H groups in total. The normalized spacial score (nSPS) is 11.5. The number of allylic oxidation sites excluding steroid dienone is 1. The first-order valence-electron chi connectivity index (χ1n) is 4.82. The van der Waals surface area contributed by atoms with Crippen LogP contribution in [-0.4, -0.2) is 14.7 Å². The molecular formula is C12H13NO2S. The van der Waals surface area contributed by atoms with Gasteiger partial charge in [-0.1, -0.05) is 36.4 Å². The van der Waals surface area contributed by atoms with Gasteiger partial charge in [0.1, 0.15) is 0 Å². The van der Waals surface area contributed by atoms with Crippen molar-refractivity contribution in [3.8, 4) is 6.07 Å². The number of hydrogen-bond acceptors (Lipinski definition) is 3. The summed E-state index contributed by atoms with van der Waals surface area (Å²) in [5.74, 6) is 0.0278. The fourth-order valence-corrected chi connectivity index (χ4v) is 2.18. The lowest BCUT2D eigenvalue weighted by molar-refractivity contribution is 0.601. The minimum atomic E-state index is -3.03. The molecule has 0 atom stereocenters. The highest BCUT2D eigenvalue weighted by molar-refractivity contribution is 7.89. The fourth-order valence-electron chi connectivity index (χ4n) is 1.35. The van der Waals surface area contributed by atoms with Crippen LogP contribution in [0.3, 0.4) is 0 Å². The highest BCUT2D eigenvalue weighted by Gasteiger charge is 2.06. The zero-order chi connectivity index (χ0) is 12.0. The van der Waals surface area contributed by atoms with Crippen molar-refractivity contribution in [2.75, 3.05) is 6.26 Å². The Morgan fingerprint density at radius 2 is 2.06 bits per heavy atom. The molecule has 0 bridgehead atoms. The quantitative estimate of drug-likeness (QED) is 0.803. The smallest absolute Gasteiger partial charge is 0.151 e. The van der Waals surface area contributed by atoms with Gasteiger partial charge in [-0.05, 0) is 11.1 Å². The first-order chi connectivity index (χ1) is 7.53. The third-order valence-corrected chi connectivity index (χ3v) is 2.81. The number of sulfone groups is 1. The summed E-state index contributed by atoms with van der Waals surface area (Å²) < 4.78 is 22.4. The Morgan fingerprint density at radius 1 is 1.38 bits per heavy atom. The van der Waals surface area contributed by atoms with Gasteiger partial charge in [-0.3, -0.25) is 0 Å². The third kappa shape index (κ3) is 4.28. The Bertz CT molecular complexity index is 524. The van der Waals surface area contributed by atoms with E-state index < -0.39 is 9.84 Å². The van der Waals surface area contributed by atoms with Crippen LogP contribution in [0, 0.1) is 11.3 Å². The molecule has 1 aromatic carbocycles. The van der Waals surface area contributed by atoms with Gasteiger partial charge in [-0.25, -0.2) is 8.42 Å². The van der Waals surface area contributed by atoms with Crippen molar-refractivity contribution in [2.45, 2.75) is 12.2 Å². The Kier molecular flexibility index (Phi) is 4.27. The third-order valence-electron chi connectivity index (χ3n) is 1.98. The number of rotatable bonds is 4. The molecule has 0 fully saturated rings. The van der Waals surface area contributed by atoms with Crippen LogP contribution in [0.25, 0.3) is 6.08 Å². The summed E-state index contributed by atoms with van der Waals surface area (Å²) in [6, 6.07) is 9.28. The summed E-state index contributed by atoms with van der Waals surface area (Å²) in [4.78, 5) is 0. The van der Waals surface area contributed by atoms with Crippen LogP contribution in [0.2, 0.25) is 0 Å². The van der Waals surface area contributed by atoms with Crippen molar-refractivity contribution in [2.24, 2.45) is 0 Å². The van der Waals surface area contributed by atoms with Gasteiger partial charge in [-0.2, -0.15) is 5.26 Å². The molecule has 0 saturated heterocycles. The summed E-state index contributed by atoms with van der Waals surface area (Å²) in [5.41, 5.74) is 1.61. The molecule has 1 aromatic rings. The van der Waals surface area contributed by atoms with Gasteiger partial charge in [0.2, 0.25) is 0 Å². The molecule has 0 spiro atoms. The first-order valence-corrected chi connectivity index (χ1v) is 6.88. The van der Waals surface area contributed by atoms with Crippen molar-refractivity contribution in [1.82, 2.24) is 0 Å². The van der Waals surface area contributed by atoms with Crippen LogP contribution in [0.15, 0.2) is 30.3 Å². The van der Waals surface area contributed by atoms with E-state index in [1.807, 2.05) is 24.3 Å². The van der Waals surface area contributed by atoms with E-state index in [1.165, 1.54) is 6.26 Å². The van der Waals surface area contributed by atoms with Crippen molar-refractivity contribution < 1.29 is 8.42 Å². The van der Waals surface area contributed by atoms with Gasteiger partial charge in [0.15, 0.2) is 9.84 Å². The predicted octanol–water partition coefficient (Wildman–Crippen LogP) is 2.16. The SMILES string of the molecule is CS(=O)(=O)Cc1ccccc1C=CCC#N. The standard InChI is InChI=1S/C12H13NO2S/c1-16(14,15)10-12-8-3-2-6-11(12)7-4-5-9-13/h2-4,6-8H,5,10H2,1H3. The molecule has 84 valence electrons. The fraction of sp³-hybridized carbons (Fsp3) is 0.250. The number of nitriles is 1. The van der Waals surface area contributed by atoms with Gasteiger partial charge in [0.25, 0.3) is 0 Å². The molecule has 0 unspecified atom stereocenters. The molecule has 0 aliphatic rings. The molecule has 0 radical (unpaired) electrons. The van der Waals surface area contributed by atoms with Crippen molar-refractivity contribution in [3.63, 3.8) is 0 Å². The molecule has 0 aromatic heterocycles. The first kappa shape index (κ1) is 12.5. The second-order valence-electron chi connectivity index (χ2n) is 3.53. The van der Waals surface area contributed by atoms with Crippen molar-refractivity contribution in [1.29, 1.82) is 5.26 Å². The molecule has 3 nitrogen and oxygen atoms in total. The van der Waals surface area contributed by atoms with Gasteiger partial charge in [0.05, 0.1) is 18.2 Å². The minimum absolute atomic E-state index is 0.0278. The van der Waals surface area contributed by atoms with Crippen LogP contribution in [0.1, 0.15) is 17.5 Å². The average molecular weight is 235 g/mol. The summed E-state index contributed by atoms with van der Waals surface area (Å²) in [6.45, 7) is 0. The summed E-state index contributed by atoms with van der Waals surface area (Å²) in [6.07, 6.45) is 5.04. The molecule has 0 saturated carbocycles. The molecule has 0 aliphatic heterocycles. The van der Waals surface area contributed by atoms with Gasteiger partial charge in [0, 0.05) is 6.26 Å². The monoisotopic (exact) mass is 235 g/mol. The topological polar surface area (TPSA) is 57.9 Å². The van der Waals surface area contributed by atoms with E-state index in [1.54, 1.807) is 18.2 Å². The summed E-state index contributed by atoms with van der Waals surface area (Å²) in [7, 11) is -3.03. The van der Waals surface area contributed by atoms with E-state index in [-0.39, 0.29) is 5.75 Å². The van der Waals surface area contributed by atoms with E-state index in [2.05, 4.69) is 0 Å². The molecule has 0 aliphatic carbocycles. The molecule has 1 rings (SSSR count). The van der Waals surface area contributed by atoms with E-state index in [4.69, 9.17) is 5.26 Å². The van der Waals surface area contributed by atoms with Gasteiger partial charge in [-0.15, -0.1) is 0 Å². The highest BCUT2D eigenvalue weighted by Crippen LogP contribution is 2.13. The Morgan fingerprint density at radius 3 is 2.69 bits per heavy atom. The van der Waals surface area contributed by atoms with Crippen LogP contribution >= 0.6 is 0 Å². The zero-order valence-electron chi connectivity index (χ0n) is 9.05. The Balaban J connectivity index is 2.97.